The molecule has 0 aliphatic carbocycles. The van der Waals surface area contributed by atoms with Gasteiger partial charge in [-0.1, -0.05) is 17.7 Å². The summed E-state index contributed by atoms with van der Waals surface area (Å²) >= 11 is 6.24. The van der Waals surface area contributed by atoms with Crippen LogP contribution in [0.4, 0.5) is 41.9 Å². The molecule has 44 heavy (non-hydrogen) atoms. The molecular formula is C31H29ClF3N7O2. The van der Waals surface area contributed by atoms with Gasteiger partial charge in [0.05, 0.1) is 34.2 Å². The van der Waals surface area contributed by atoms with E-state index in [1.165, 1.54) is 49.6 Å². The highest BCUT2D eigenvalue weighted by atomic mass is 35.5. The molecule has 0 unspecified atom stereocenters. The maximum Gasteiger partial charge on any atom is 0.416 e. The largest absolute Gasteiger partial charge is 0.416 e. The van der Waals surface area contributed by atoms with Crippen molar-refractivity contribution < 1.29 is 22.8 Å². The normalized spacial score (nSPS) is 13.8. The summed E-state index contributed by atoms with van der Waals surface area (Å²) in [5.41, 5.74) is 1.23. The average Bonchev–Trinajstić information content (AvgIpc) is 2.99. The van der Waals surface area contributed by atoms with Crippen LogP contribution in [0.25, 0.3) is 0 Å². The average molecular weight is 624 g/mol. The summed E-state index contributed by atoms with van der Waals surface area (Å²) in [5.74, 6) is -1.01. The van der Waals surface area contributed by atoms with E-state index in [-0.39, 0.29) is 27.4 Å². The Morgan fingerprint density at radius 1 is 0.818 bits per heavy atom. The molecule has 2 amide bonds. The number of nitrogens with zero attached hydrogens (tertiary/aromatic N) is 4. The summed E-state index contributed by atoms with van der Waals surface area (Å²) in [7, 11) is 2.12. The van der Waals surface area contributed by atoms with Crippen LogP contribution in [0.2, 0.25) is 5.02 Å². The first kappa shape index (κ1) is 30.8. The number of anilines is 5. The lowest BCUT2D eigenvalue weighted by Crippen LogP contribution is -2.44. The van der Waals surface area contributed by atoms with E-state index in [9.17, 15) is 22.8 Å². The molecule has 1 saturated heterocycles. The monoisotopic (exact) mass is 623 g/mol. The van der Waals surface area contributed by atoms with E-state index in [1.807, 2.05) is 24.3 Å². The van der Waals surface area contributed by atoms with Gasteiger partial charge in [0.15, 0.2) is 0 Å². The lowest BCUT2D eigenvalue weighted by molar-refractivity contribution is -0.138. The van der Waals surface area contributed by atoms with E-state index in [0.717, 1.165) is 43.6 Å². The molecule has 4 aromatic rings. The Kier molecular flexibility index (Phi) is 9.02. The fourth-order valence-corrected chi connectivity index (χ4v) is 4.97. The molecular weight excluding hydrogens is 595 g/mol. The fourth-order valence-electron chi connectivity index (χ4n) is 4.77. The van der Waals surface area contributed by atoms with Crippen molar-refractivity contribution >= 4 is 52.1 Å². The van der Waals surface area contributed by atoms with Crippen molar-refractivity contribution in [3.05, 3.63) is 100 Å². The van der Waals surface area contributed by atoms with Crippen molar-refractivity contribution in [2.24, 2.45) is 0 Å². The van der Waals surface area contributed by atoms with Crippen LogP contribution < -0.4 is 20.9 Å². The summed E-state index contributed by atoms with van der Waals surface area (Å²) in [6, 6.07) is 15.6. The number of hydrogen-bond acceptors (Lipinski definition) is 7. The van der Waals surface area contributed by atoms with Crippen molar-refractivity contribution in [2.75, 3.05) is 54.1 Å². The molecule has 1 fully saturated rings. The molecule has 13 heteroatoms. The Balaban J connectivity index is 1.21. The number of likely N-dealkylation sites (N-methyl/N-ethyl adjacent to an activating group) is 1. The number of hydrogen-bond donors (Lipinski definition) is 3. The summed E-state index contributed by atoms with van der Waals surface area (Å²) in [5, 5.41) is 8.43. The minimum Gasteiger partial charge on any atom is -0.369 e. The number of carbonyl (C=O) groups excluding carboxylic acids is 2. The number of rotatable bonds is 7. The number of carbonyl (C=O) groups is 2. The predicted octanol–water partition coefficient (Wildman–Crippen LogP) is 6.46. The van der Waals surface area contributed by atoms with E-state index in [0.29, 0.717) is 11.6 Å². The molecule has 9 nitrogen and oxygen atoms in total. The third-order valence-corrected chi connectivity index (χ3v) is 7.58. The molecule has 2 heterocycles. The van der Waals surface area contributed by atoms with E-state index in [1.54, 1.807) is 0 Å². The Morgan fingerprint density at radius 2 is 1.43 bits per heavy atom. The van der Waals surface area contributed by atoms with Gasteiger partial charge in [0.1, 0.15) is 0 Å². The van der Waals surface area contributed by atoms with E-state index >= 15 is 0 Å². The Labute approximate surface area is 257 Å². The van der Waals surface area contributed by atoms with Gasteiger partial charge in [0, 0.05) is 48.8 Å². The van der Waals surface area contributed by atoms with Crippen LogP contribution in [0.3, 0.4) is 0 Å². The van der Waals surface area contributed by atoms with Gasteiger partial charge in [0.25, 0.3) is 11.8 Å². The summed E-state index contributed by atoms with van der Waals surface area (Å²) in [6.45, 7) is 5.22. The number of aromatic nitrogens is 2. The smallest absolute Gasteiger partial charge is 0.369 e. The van der Waals surface area contributed by atoms with Crippen LogP contribution in [-0.4, -0.2) is 59.9 Å². The van der Waals surface area contributed by atoms with Crippen LogP contribution >= 0.6 is 11.6 Å². The number of benzene rings is 3. The first-order valence-corrected chi connectivity index (χ1v) is 14.1. The van der Waals surface area contributed by atoms with Gasteiger partial charge in [-0.05, 0) is 74.1 Å². The van der Waals surface area contributed by atoms with Crippen LogP contribution in [0, 0.1) is 6.92 Å². The van der Waals surface area contributed by atoms with Crippen molar-refractivity contribution in [3.8, 4) is 0 Å². The van der Waals surface area contributed by atoms with Gasteiger partial charge in [-0.3, -0.25) is 9.59 Å². The highest BCUT2D eigenvalue weighted by Crippen LogP contribution is 2.33. The first-order valence-electron chi connectivity index (χ1n) is 13.7. The molecule has 3 N–H and O–H groups in total. The standard InChI is InChI=1S/C31H29ClF3N7O2/c1-19-24(4-3-5-26(19)31(33,34)35)28(43)38-21-8-11-27(32)25(16-21)29(44)39-22-17-36-30(37-18-22)40-20-6-9-23(10-7-20)42-14-12-41(2)13-15-42/h3-11,16-18H,12-15H2,1-2H3,(H,38,43)(H,39,44)(H,36,37,40). The zero-order valence-electron chi connectivity index (χ0n) is 23.9. The van der Waals surface area contributed by atoms with Crippen molar-refractivity contribution in [2.45, 2.75) is 13.1 Å². The third-order valence-electron chi connectivity index (χ3n) is 7.25. The molecule has 1 aliphatic heterocycles. The summed E-state index contributed by atoms with van der Waals surface area (Å²) in [6.07, 6.45) is -1.73. The minimum atomic E-state index is -4.60. The molecule has 1 aliphatic rings. The van der Waals surface area contributed by atoms with Gasteiger partial charge in [-0.15, -0.1) is 0 Å². The summed E-state index contributed by atoms with van der Waals surface area (Å²) in [4.78, 5) is 39.0. The summed E-state index contributed by atoms with van der Waals surface area (Å²) < 4.78 is 39.8. The Hall–Kier alpha value is -4.68. The number of halogens is 4. The lowest BCUT2D eigenvalue weighted by Gasteiger charge is -2.34. The minimum absolute atomic E-state index is 0.0351. The number of piperazine rings is 1. The van der Waals surface area contributed by atoms with Crippen LogP contribution in [0.15, 0.2) is 73.1 Å². The second kappa shape index (κ2) is 12.9. The van der Waals surface area contributed by atoms with E-state index in [4.69, 9.17) is 11.6 Å². The maximum absolute atomic E-state index is 13.3. The molecule has 1 aromatic heterocycles. The Bertz CT molecular complexity index is 1660. The van der Waals surface area contributed by atoms with Crippen molar-refractivity contribution in [1.82, 2.24) is 14.9 Å². The van der Waals surface area contributed by atoms with Gasteiger partial charge in [0.2, 0.25) is 5.95 Å². The van der Waals surface area contributed by atoms with E-state index < -0.39 is 23.6 Å². The Morgan fingerprint density at radius 3 is 2.09 bits per heavy atom. The highest BCUT2D eigenvalue weighted by Gasteiger charge is 2.33. The van der Waals surface area contributed by atoms with Gasteiger partial charge >= 0.3 is 6.18 Å². The first-order chi connectivity index (χ1) is 21.0. The highest BCUT2D eigenvalue weighted by molar-refractivity contribution is 6.34. The number of nitrogens with one attached hydrogen (secondary N) is 3. The van der Waals surface area contributed by atoms with Crippen molar-refractivity contribution in [3.63, 3.8) is 0 Å². The second-order valence-corrected chi connectivity index (χ2v) is 10.7. The SMILES string of the molecule is Cc1c(C(=O)Nc2ccc(Cl)c(C(=O)Nc3cnc(Nc4ccc(N5CCN(C)CC5)cc4)nc3)c2)cccc1C(F)(F)F. The molecule has 5 rings (SSSR count). The van der Waals surface area contributed by atoms with Crippen LogP contribution in [0.1, 0.15) is 31.8 Å². The zero-order valence-corrected chi connectivity index (χ0v) is 24.6. The van der Waals surface area contributed by atoms with Crippen LogP contribution in [-0.2, 0) is 6.18 Å². The number of amides is 2. The molecule has 0 saturated carbocycles. The maximum atomic E-state index is 13.3. The predicted molar refractivity (Wildman–Crippen MR) is 165 cm³/mol. The molecule has 0 spiro atoms. The van der Waals surface area contributed by atoms with E-state index in [2.05, 4.69) is 42.8 Å². The fraction of sp³-hybridized carbons (Fsp3) is 0.226. The molecule has 228 valence electrons. The molecule has 3 aromatic carbocycles. The van der Waals surface area contributed by atoms with Gasteiger partial charge in [-0.25, -0.2) is 9.97 Å². The quantitative estimate of drug-likeness (QED) is 0.217. The van der Waals surface area contributed by atoms with Gasteiger partial charge < -0.3 is 25.8 Å². The van der Waals surface area contributed by atoms with Crippen molar-refractivity contribution in [1.29, 1.82) is 0 Å². The molecule has 0 bridgehead atoms. The zero-order chi connectivity index (χ0) is 31.4. The topological polar surface area (TPSA) is 102 Å². The lowest BCUT2D eigenvalue weighted by atomic mass is 10.0. The number of alkyl halides is 3. The molecule has 0 radical (unpaired) electrons. The third kappa shape index (κ3) is 7.26. The molecule has 0 atom stereocenters. The van der Waals surface area contributed by atoms with Crippen LogP contribution in [0.5, 0.6) is 0 Å². The second-order valence-electron chi connectivity index (χ2n) is 10.3. The van der Waals surface area contributed by atoms with Gasteiger partial charge in [-0.2, -0.15) is 13.2 Å².